The minimum absolute atomic E-state index is 0.186. The van der Waals surface area contributed by atoms with E-state index in [0.29, 0.717) is 5.89 Å². The first-order chi connectivity index (χ1) is 8.38. The monoisotopic (exact) mass is 266 g/mol. The smallest absolute Gasteiger partial charge is 0.223 e. The molecule has 1 aromatic heterocycles. The van der Waals surface area contributed by atoms with Gasteiger partial charge < -0.3 is 4.52 Å². The molecule has 2 rings (SSSR count). The fraction of sp³-hybridized carbons (Fsp3) is 0.333. The van der Waals surface area contributed by atoms with Crippen molar-refractivity contribution in [2.75, 3.05) is 0 Å². The third kappa shape index (κ3) is 2.59. The summed E-state index contributed by atoms with van der Waals surface area (Å²) < 4.78 is 29.1. The summed E-state index contributed by atoms with van der Waals surface area (Å²) >= 11 is 0. The van der Waals surface area contributed by atoms with Crippen LogP contribution in [-0.4, -0.2) is 18.6 Å². The Morgan fingerprint density at radius 2 is 1.89 bits per heavy atom. The van der Waals surface area contributed by atoms with Crippen LogP contribution in [0.15, 0.2) is 27.6 Å². The van der Waals surface area contributed by atoms with Crippen molar-refractivity contribution in [3.63, 3.8) is 0 Å². The largest absolute Gasteiger partial charge is 0.340 e. The van der Waals surface area contributed by atoms with E-state index in [-0.39, 0.29) is 16.5 Å². The summed E-state index contributed by atoms with van der Waals surface area (Å²) in [7, 11) is -3.42. The third-order valence-corrected chi connectivity index (χ3v) is 4.34. The van der Waals surface area contributed by atoms with Crippen molar-refractivity contribution in [3.8, 4) is 0 Å². The lowest BCUT2D eigenvalue weighted by Crippen LogP contribution is -2.06. The molecule has 0 unspecified atom stereocenters. The van der Waals surface area contributed by atoms with Crippen LogP contribution in [0.4, 0.5) is 0 Å². The van der Waals surface area contributed by atoms with Gasteiger partial charge >= 0.3 is 0 Å². The quantitative estimate of drug-likeness (QED) is 0.849. The maximum absolute atomic E-state index is 12.2. The van der Waals surface area contributed by atoms with Gasteiger partial charge in [0.25, 0.3) is 0 Å². The molecule has 0 N–H and O–H groups in total. The maximum atomic E-state index is 12.2. The van der Waals surface area contributed by atoms with Gasteiger partial charge in [-0.3, -0.25) is 0 Å². The van der Waals surface area contributed by atoms with Crippen LogP contribution in [0.25, 0.3) is 0 Å². The molecule has 0 saturated carbocycles. The first-order valence-electron chi connectivity index (χ1n) is 5.48. The van der Waals surface area contributed by atoms with Crippen LogP contribution in [0.1, 0.15) is 22.8 Å². The summed E-state index contributed by atoms with van der Waals surface area (Å²) in [6, 6.07) is 5.06. The number of rotatable bonds is 3. The van der Waals surface area contributed by atoms with E-state index in [1.807, 2.05) is 13.8 Å². The number of aromatic nitrogens is 2. The molecule has 0 bridgehead atoms. The molecule has 0 spiro atoms. The van der Waals surface area contributed by atoms with E-state index in [0.717, 1.165) is 11.1 Å². The molecule has 0 aliphatic heterocycles. The van der Waals surface area contributed by atoms with Gasteiger partial charge in [0.1, 0.15) is 5.75 Å². The zero-order chi connectivity index (χ0) is 13.3. The van der Waals surface area contributed by atoms with E-state index in [1.54, 1.807) is 25.1 Å². The highest BCUT2D eigenvalue weighted by atomic mass is 32.2. The van der Waals surface area contributed by atoms with Crippen molar-refractivity contribution in [3.05, 3.63) is 41.0 Å². The van der Waals surface area contributed by atoms with Crippen molar-refractivity contribution in [2.45, 2.75) is 31.4 Å². The number of hydrogen-bond donors (Lipinski definition) is 0. The minimum Gasteiger partial charge on any atom is -0.340 e. The van der Waals surface area contributed by atoms with Gasteiger partial charge in [0, 0.05) is 6.92 Å². The van der Waals surface area contributed by atoms with Crippen LogP contribution in [0.3, 0.4) is 0 Å². The van der Waals surface area contributed by atoms with Gasteiger partial charge in [0.15, 0.2) is 15.7 Å². The van der Waals surface area contributed by atoms with Gasteiger partial charge in [-0.15, -0.1) is 0 Å². The van der Waals surface area contributed by atoms with Gasteiger partial charge in [-0.25, -0.2) is 8.42 Å². The van der Waals surface area contributed by atoms with Gasteiger partial charge in [-0.05, 0) is 37.1 Å². The summed E-state index contributed by atoms with van der Waals surface area (Å²) in [5.41, 5.74) is 2.00. The molecule has 1 aromatic carbocycles. The summed E-state index contributed by atoms with van der Waals surface area (Å²) in [6.07, 6.45) is 0. The molecular weight excluding hydrogens is 252 g/mol. The number of benzene rings is 1. The lowest BCUT2D eigenvalue weighted by Gasteiger charge is -2.05. The molecule has 0 radical (unpaired) electrons. The SMILES string of the molecule is Cc1nc(CS(=O)(=O)c2ccc(C)c(C)c2)no1. The van der Waals surface area contributed by atoms with E-state index in [4.69, 9.17) is 4.52 Å². The normalized spacial score (nSPS) is 11.7. The fourth-order valence-corrected chi connectivity index (χ4v) is 2.82. The van der Waals surface area contributed by atoms with Crippen LogP contribution in [-0.2, 0) is 15.6 Å². The fourth-order valence-electron chi connectivity index (χ4n) is 1.56. The van der Waals surface area contributed by atoms with Crippen LogP contribution in [0.5, 0.6) is 0 Å². The van der Waals surface area contributed by atoms with E-state index < -0.39 is 9.84 Å². The number of aryl methyl sites for hydroxylation is 3. The van der Waals surface area contributed by atoms with Crippen LogP contribution < -0.4 is 0 Å². The first-order valence-corrected chi connectivity index (χ1v) is 7.13. The molecule has 0 aliphatic carbocycles. The summed E-state index contributed by atoms with van der Waals surface area (Å²) in [5.74, 6) is 0.304. The molecule has 6 heteroatoms. The van der Waals surface area contributed by atoms with Crippen molar-refractivity contribution in [2.24, 2.45) is 0 Å². The maximum Gasteiger partial charge on any atom is 0.223 e. The molecular formula is C12H14N2O3S. The number of hydrogen-bond acceptors (Lipinski definition) is 5. The molecule has 96 valence electrons. The second kappa shape index (κ2) is 4.53. The zero-order valence-corrected chi connectivity index (χ0v) is 11.3. The highest BCUT2D eigenvalue weighted by Gasteiger charge is 2.19. The van der Waals surface area contributed by atoms with E-state index >= 15 is 0 Å². The first kappa shape index (κ1) is 12.8. The summed E-state index contributed by atoms with van der Waals surface area (Å²) in [5, 5.41) is 3.60. The number of sulfone groups is 1. The van der Waals surface area contributed by atoms with E-state index in [1.165, 1.54) is 0 Å². The average Bonchev–Trinajstić information content (AvgIpc) is 2.67. The van der Waals surface area contributed by atoms with E-state index in [2.05, 4.69) is 10.1 Å². The summed E-state index contributed by atoms with van der Waals surface area (Å²) in [4.78, 5) is 4.19. The molecule has 2 aromatic rings. The Kier molecular flexibility index (Phi) is 3.21. The van der Waals surface area contributed by atoms with Crippen LogP contribution in [0, 0.1) is 20.8 Å². The molecule has 0 saturated heterocycles. The molecule has 18 heavy (non-hydrogen) atoms. The highest BCUT2D eigenvalue weighted by Crippen LogP contribution is 2.18. The third-order valence-electron chi connectivity index (χ3n) is 2.73. The Labute approximate surface area is 106 Å². The topological polar surface area (TPSA) is 73.1 Å². The minimum atomic E-state index is -3.42. The Morgan fingerprint density at radius 1 is 1.17 bits per heavy atom. The molecule has 0 amide bonds. The molecule has 1 heterocycles. The van der Waals surface area contributed by atoms with Crippen LogP contribution in [0.2, 0.25) is 0 Å². The van der Waals surface area contributed by atoms with Crippen LogP contribution >= 0.6 is 0 Å². The zero-order valence-electron chi connectivity index (χ0n) is 10.5. The van der Waals surface area contributed by atoms with Crippen molar-refractivity contribution >= 4 is 9.84 Å². The lowest BCUT2D eigenvalue weighted by atomic mass is 10.1. The second-order valence-electron chi connectivity index (χ2n) is 4.23. The molecule has 0 aliphatic rings. The standard InChI is InChI=1S/C12H14N2O3S/c1-8-4-5-11(6-9(8)2)18(15,16)7-12-13-10(3)17-14-12/h4-6H,7H2,1-3H3. The second-order valence-corrected chi connectivity index (χ2v) is 6.22. The van der Waals surface area contributed by atoms with Crippen molar-refractivity contribution < 1.29 is 12.9 Å². The summed E-state index contributed by atoms with van der Waals surface area (Å²) in [6.45, 7) is 5.44. The highest BCUT2D eigenvalue weighted by molar-refractivity contribution is 7.90. The van der Waals surface area contributed by atoms with Crippen molar-refractivity contribution in [1.82, 2.24) is 10.1 Å². The van der Waals surface area contributed by atoms with Gasteiger partial charge in [-0.1, -0.05) is 11.2 Å². The van der Waals surface area contributed by atoms with Gasteiger partial charge in [0.05, 0.1) is 4.90 Å². The molecule has 0 fully saturated rings. The Hall–Kier alpha value is -1.69. The Balaban J connectivity index is 2.33. The average molecular weight is 266 g/mol. The Bertz CT molecular complexity index is 674. The molecule has 5 nitrogen and oxygen atoms in total. The van der Waals surface area contributed by atoms with Gasteiger partial charge in [0.2, 0.25) is 5.89 Å². The lowest BCUT2D eigenvalue weighted by molar-refractivity contribution is 0.388. The number of nitrogens with zero attached hydrogens (tertiary/aromatic N) is 2. The van der Waals surface area contributed by atoms with E-state index in [9.17, 15) is 8.42 Å². The predicted octanol–water partition coefficient (Wildman–Crippen LogP) is 1.97. The Morgan fingerprint density at radius 3 is 2.44 bits per heavy atom. The van der Waals surface area contributed by atoms with Gasteiger partial charge in [-0.2, -0.15) is 4.98 Å². The van der Waals surface area contributed by atoms with Crippen molar-refractivity contribution in [1.29, 1.82) is 0 Å². The predicted molar refractivity (Wildman–Crippen MR) is 65.8 cm³/mol. The molecule has 0 atom stereocenters.